The molecular formula is C27H30N5O3+. The van der Waals surface area contributed by atoms with Gasteiger partial charge in [-0.1, -0.05) is 6.07 Å². The molecule has 6 rings (SSSR count). The molecule has 3 aromatic rings. The average molecular weight is 473 g/mol. The van der Waals surface area contributed by atoms with Crippen LogP contribution in [0.25, 0.3) is 10.8 Å². The number of aromatic nitrogens is 1. The summed E-state index contributed by atoms with van der Waals surface area (Å²) in [4.78, 5) is 27.9. The number of carbonyl (C=O) groups is 1. The van der Waals surface area contributed by atoms with Gasteiger partial charge in [0.05, 0.1) is 50.6 Å². The van der Waals surface area contributed by atoms with Crippen LogP contribution in [0.15, 0.2) is 53.7 Å². The summed E-state index contributed by atoms with van der Waals surface area (Å²) in [6.07, 6.45) is 5.78. The monoisotopic (exact) mass is 472 g/mol. The van der Waals surface area contributed by atoms with Crippen molar-refractivity contribution in [2.45, 2.75) is 18.9 Å². The molecule has 8 heteroatoms. The highest BCUT2D eigenvalue weighted by atomic mass is 16.5. The molecule has 2 saturated heterocycles. The fourth-order valence-corrected chi connectivity index (χ4v) is 5.28. The number of aliphatic imine (C=N–C) groups is 1. The van der Waals surface area contributed by atoms with Crippen molar-refractivity contribution in [3.63, 3.8) is 0 Å². The van der Waals surface area contributed by atoms with Gasteiger partial charge in [-0.2, -0.15) is 0 Å². The minimum atomic E-state index is 0.0645. The zero-order valence-corrected chi connectivity index (χ0v) is 19.9. The lowest BCUT2D eigenvalue weighted by Gasteiger charge is -2.32. The van der Waals surface area contributed by atoms with E-state index in [4.69, 9.17) is 9.47 Å². The first-order valence-electron chi connectivity index (χ1n) is 12.3. The number of carbonyl (C=O) groups excluding carboxylic acids is 1. The molecule has 3 aliphatic heterocycles. The first-order valence-corrected chi connectivity index (χ1v) is 12.3. The van der Waals surface area contributed by atoms with Crippen molar-refractivity contribution in [3.8, 4) is 11.5 Å². The predicted molar refractivity (Wildman–Crippen MR) is 135 cm³/mol. The Balaban J connectivity index is 1.19. The number of amides is 1. The fraction of sp³-hybridized carbons (Fsp3) is 0.370. The SMILES string of the molecule is COc1cc2cc3c(cc2cc1OC[NH+]1CCN(c2ccccn2)CC1)N=CC1CCCN1C3=O. The van der Waals surface area contributed by atoms with Gasteiger partial charge in [0.1, 0.15) is 5.82 Å². The highest BCUT2D eigenvalue weighted by Crippen LogP contribution is 2.37. The number of piperazine rings is 1. The number of nitrogens with zero attached hydrogens (tertiary/aromatic N) is 4. The lowest BCUT2D eigenvalue weighted by atomic mass is 10.0. The normalized spacial score (nSPS) is 20.0. The van der Waals surface area contributed by atoms with Crippen molar-refractivity contribution >= 4 is 34.4 Å². The first kappa shape index (κ1) is 21.9. The van der Waals surface area contributed by atoms with Crippen LogP contribution in [0, 0.1) is 0 Å². The third-order valence-electron chi connectivity index (χ3n) is 7.29. The predicted octanol–water partition coefficient (Wildman–Crippen LogP) is 2.31. The molecule has 1 unspecified atom stereocenters. The lowest BCUT2D eigenvalue weighted by molar-refractivity contribution is -0.916. The molecule has 8 nitrogen and oxygen atoms in total. The van der Waals surface area contributed by atoms with Crippen molar-refractivity contribution in [2.24, 2.45) is 4.99 Å². The standard InChI is InChI=1S/C27H29N5O3/c1-34-24-15-19-13-22-23(29-17-21-5-4-8-32(21)27(22)33)14-20(19)16-25(24)35-18-30-9-11-31(12-10-30)26-6-2-3-7-28-26/h2-3,6-7,13-17,21H,4-5,8-12,18H2,1H3/p+1. The number of anilines is 1. The Morgan fingerprint density at radius 3 is 2.69 bits per heavy atom. The number of nitrogens with one attached hydrogen (secondary N) is 1. The van der Waals surface area contributed by atoms with Gasteiger partial charge in [0.25, 0.3) is 5.91 Å². The number of ether oxygens (including phenoxy) is 2. The molecule has 2 aromatic carbocycles. The Morgan fingerprint density at radius 1 is 1.06 bits per heavy atom. The Kier molecular flexibility index (Phi) is 5.74. The third-order valence-corrected chi connectivity index (χ3v) is 7.29. The summed E-state index contributed by atoms with van der Waals surface area (Å²) in [5.74, 6) is 2.48. The molecule has 4 heterocycles. The van der Waals surface area contributed by atoms with Crippen LogP contribution in [-0.2, 0) is 0 Å². The van der Waals surface area contributed by atoms with E-state index in [1.807, 2.05) is 53.7 Å². The maximum atomic E-state index is 13.2. The lowest BCUT2D eigenvalue weighted by Crippen LogP contribution is -3.15. The van der Waals surface area contributed by atoms with E-state index in [1.165, 1.54) is 4.90 Å². The van der Waals surface area contributed by atoms with Gasteiger partial charge in [0.15, 0.2) is 11.5 Å². The third kappa shape index (κ3) is 4.18. The van der Waals surface area contributed by atoms with Crippen molar-refractivity contribution in [1.82, 2.24) is 9.88 Å². The van der Waals surface area contributed by atoms with E-state index >= 15 is 0 Å². The molecule has 180 valence electrons. The minimum Gasteiger partial charge on any atom is -0.493 e. The van der Waals surface area contributed by atoms with E-state index in [-0.39, 0.29) is 11.9 Å². The van der Waals surface area contributed by atoms with Crippen LogP contribution in [0.4, 0.5) is 11.5 Å². The maximum absolute atomic E-state index is 13.2. The van der Waals surface area contributed by atoms with Crippen molar-refractivity contribution in [3.05, 3.63) is 54.2 Å². The van der Waals surface area contributed by atoms with Gasteiger partial charge in [0.2, 0.25) is 6.73 Å². The molecule has 0 spiro atoms. The van der Waals surface area contributed by atoms with E-state index < -0.39 is 0 Å². The largest absolute Gasteiger partial charge is 0.493 e. The molecule has 1 N–H and O–H groups in total. The van der Waals surface area contributed by atoms with Crippen molar-refractivity contribution < 1.29 is 19.2 Å². The zero-order chi connectivity index (χ0) is 23.8. The van der Waals surface area contributed by atoms with Crippen LogP contribution in [0.5, 0.6) is 11.5 Å². The molecular weight excluding hydrogens is 442 g/mol. The molecule has 0 radical (unpaired) electrons. The number of hydrogen-bond donors (Lipinski definition) is 1. The maximum Gasteiger partial charge on any atom is 0.256 e. The van der Waals surface area contributed by atoms with Crippen LogP contribution in [0.1, 0.15) is 23.2 Å². The molecule has 3 aliphatic rings. The molecule has 1 amide bonds. The van der Waals surface area contributed by atoms with Gasteiger partial charge in [-0.25, -0.2) is 4.98 Å². The summed E-state index contributed by atoms with van der Waals surface area (Å²) in [5, 5.41) is 1.94. The smallest absolute Gasteiger partial charge is 0.256 e. The van der Waals surface area contributed by atoms with Gasteiger partial charge in [-0.05, 0) is 60.0 Å². The quantitative estimate of drug-likeness (QED) is 0.617. The van der Waals surface area contributed by atoms with Gasteiger partial charge in [0, 0.05) is 19.0 Å². The van der Waals surface area contributed by atoms with Crippen LogP contribution >= 0.6 is 0 Å². The van der Waals surface area contributed by atoms with E-state index in [0.29, 0.717) is 23.8 Å². The van der Waals surface area contributed by atoms with Crippen LogP contribution in [0.2, 0.25) is 0 Å². The van der Waals surface area contributed by atoms with Gasteiger partial charge in [-0.15, -0.1) is 0 Å². The molecule has 2 fully saturated rings. The summed E-state index contributed by atoms with van der Waals surface area (Å²) < 4.78 is 11.9. The Labute approximate surface area is 204 Å². The molecule has 0 aliphatic carbocycles. The number of benzene rings is 2. The minimum absolute atomic E-state index is 0.0645. The second-order valence-electron chi connectivity index (χ2n) is 9.42. The molecule has 0 saturated carbocycles. The highest BCUT2D eigenvalue weighted by Gasteiger charge is 2.32. The zero-order valence-electron chi connectivity index (χ0n) is 19.9. The van der Waals surface area contributed by atoms with Gasteiger partial charge < -0.3 is 19.3 Å². The van der Waals surface area contributed by atoms with Crippen LogP contribution in [-0.4, -0.2) is 74.6 Å². The Hall–Kier alpha value is -3.65. The number of rotatable bonds is 5. The van der Waals surface area contributed by atoms with E-state index in [9.17, 15) is 4.79 Å². The number of hydrogen-bond acceptors (Lipinski definition) is 6. The topological polar surface area (TPSA) is 71.7 Å². The number of methoxy groups -OCH3 is 1. The van der Waals surface area contributed by atoms with Gasteiger partial charge >= 0.3 is 0 Å². The van der Waals surface area contributed by atoms with E-state index in [1.54, 1.807) is 7.11 Å². The number of pyridine rings is 1. The Morgan fingerprint density at radius 2 is 1.89 bits per heavy atom. The van der Waals surface area contributed by atoms with E-state index in [2.05, 4.69) is 20.9 Å². The molecule has 1 atom stereocenters. The summed E-state index contributed by atoms with van der Waals surface area (Å²) in [7, 11) is 1.65. The van der Waals surface area contributed by atoms with Gasteiger partial charge in [-0.3, -0.25) is 14.7 Å². The number of fused-ring (bicyclic) bond motifs is 3. The fourth-order valence-electron chi connectivity index (χ4n) is 5.28. The Bertz CT molecular complexity index is 1270. The summed E-state index contributed by atoms with van der Waals surface area (Å²) in [6.45, 7) is 5.21. The molecule has 35 heavy (non-hydrogen) atoms. The second kappa shape index (κ2) is 9.19. The van der Waals surface area contributed by atoms with Crippen LogP contribution in [0.3, 0.4) is 0 Å². The average Bonchev–Trinajstić information content (AvgIpc) is 3.34. The van der Waals surface area contributed by atoms with Crippen molar-refractivity contribution in [2.75, 3.05) is 51.5 Å². The van der Waals surface area contributed by atoms with E-state index in [0.717, 1.165) is 67.8 Å². The molecule has 0 bridgehead atoms. The molecule has 1 aromatic heterocycles. The van der Waals surface area contributed by atoms with Crippen molar-refractivity contribution in [1.29, 1.82) is 0 Å². The summed E-state index contributed by atoms with van der Waals surface area (Å²) in [6, 6.07) is 14.0. The second-order valence-corrected chi connectivity index (χ2v) is 9.42. The number of quaternary nitrogens is 1. The summed E-state index contributed by atoms with van der Waals surface area (Å²) >= 11 is 0. The van der Waals surface area contributed by atoms with Crippen LogP contribution < -0.4 is 19.3 Å². The first-order chi connectivity index (χ1) is 17.2. The highest BCUT2D eigenvalue weighted by molar-refractivity contribution is 6.07. The summed E-state index contributed by atoms with van der Waals surface area (Å²) in [5.41, 5.74) is 1.38.